The van der Waals surface area contributed by atoms with E-state index < -0.39 is 0 Å². The van der Waals surface area contributed by atoms with Gasteiger partial charge in [0, 0.05) is 18.5 Å². The van der Waals surface area contributed by atoms with Crippen molar-refractivity contribution in [2.24, 2.45) is 0 Å². The minimum absolute atomic E-state index is 0.0109. The van der Waals surface area contributed by atoms with E-state index in [1.54, 1.807) is 0 Å². The lowest BCUT2D eigenvalue weighted by atomic mass is 10.1. The molecule has 0 fully saturated rings. The normalized spacial score (nSPS) is 9.37. The van der Waals surface area contributed by atoms with E-state index in [0.717, 1.165) is 22.6 Å². The van der Waals surface area contributed by atoms with Crippen LogP contribution < -0.4 is 5.32 Å². The van der Waals surface area contributed by atoms with E-state index in [4.69, 9.17) is 0 Å². The predicted molar refractivity (Wildman–Crippen MR) is 78.3 cm³/mol. The molecular formula is C16H19NO2. The summed E-state index contributed by atoms with van der Waals surface area (Å²) in [7, 11) is 0. The first-order chi connectivity index (χ1) is 9.22. The van der Waals surface area contributed by atoms with E-state index in [-0.39, 0.29) is 5.91 Å². The van der Waals surface area contributed by atoms with Gasteiger partial charge in [-0.2, -0.15) is 0 Å². The van der Waals surface area contributed by atoms with Crippen molar-refractivity contribution in [3.63, 3.8) is 0 Å². The molecule has 2 aromatic rings. The van der Waals surface area contributed by atoms with E-state index >= 15 is 0 Å². The second kappa shape index (κ2) is 8.03. The maximum atomic E-state index is 11.6. The maximum Gasteiger partial charge on any atom is 0.251 e. The zero-order chi connectivity index (χ0) is 14.1. The Hall–Kier alpha value is -2.16. The number of fused-ring (bicyclic) bond motifs is 1. The Morgan fingerprint density at radius 3 is 2.32 bits per heavy atom. The van der Waals surface area contributed by atoms with Gasteiger partial charge in [-0.15, -0.1) is 0 Å². The van der Waals surface area contributed by atoms with Crippen LogP contribution in [0.2, 0.25) is 0 Å². The molecule has 0 spiro atoms. The molecule has 3 heteroatoms. The molecule has 0 bridgehead atoms. The van der Waals surface area contributed by atoms with Gasteiger partial charge in [0.1, 0.15) is 6.29 Å². The number of hydrogen-bond acceptors (Lipinski definition) is 2. The molecule has 0 saturated carbocycles. The molecule has 100 valence electrons. The number of nitrogens with one attached hydrogen (secondary N) is 1. The van der Waals surface area contributed by atoms with Crippen molar-refractivity contribution < 1.29 is 9.59 Å². The van der Waals surface area contributed by atoms with Crippen molar-refractivity contribution in [3.05, 3.63) is 48.0 Å². The highest BCUT2D eigenvalue weighted by atomic mass is 16.1. The van der Waals surface area contributed by atoms with E-state index in [1.807, 2.05) is 56.3 Å². The maximum absolute atomic E-state index is 11.6. The lowest BCUT2D eigenvalue weighted by Crippen LogP contribution is -2.22. The van der Waals surface area contributed by atoms with Crippen LogP contribution in [0.25, 0.3) is 10.8 Å². The highest BCUT2D eigenvalue weighted by molar-refractivity contribution is 5.98. The summed E-state index contributed by atoms with van der Waals surface area (Å²) in [6.07, 6.45) is 1.51. The van der Waals surface area contributed by atoms with Gasteiger partial charge in [-0.25, -0.2) is 0 Å². The number of carbonyl (C=O) groups is 2. The molecule has 0 atom stereocenters. The smallest absolute Gasteiger partial charge is 0.251 e. The summed E-state index contributed by atoms with van der Waals surface area (Å²) in [5.41, 5.74) is 0.718. The quantitative estimate of drug-likeness (QED) is 0.858. The van der Waals surface area contributed by atoms with Gasteiger partial charge in [-0.1, -0.05) is 37.3 Å². The minimum atomic E-state index is -0.0109. The van der Waals surface area contributed by atoms with Crippen LogP contribution in [0.15, 0.2) is 42.5 Å². The fourth-order valence-corrected chi connectivity index (χ4v) is 1.59. The van der Waals surface area contributed by atoms with E-state index in [9.17, 15) is 9.59 Å². The highest BCUT2D eigenvalue weighted by Crippen LogP contribution is 2.15. The van der Waals surface area contributed by atoms with Gasteiger partial charge in [0.25, 0.3) is 5.91 Å². The van der Waals surface area contributed by atoms with Crippen molar-refractivity contribution in [3.8, 4) is 0 Å². The van der Waals surface area contributed by atoms with Crippen molar-refractivity contribution in [2.75, 3.05) is 6.54 Å². The SMILES string of the molecule is CCC=O.CCNC(=O)c1ccc2ccccc2c1. The van der Waals surface area contributed by atoms with Crippen LogP contribution in [0.5, 0.6) is 0 Å². The van der Waals surface area contributed by atoms with Gasteiger partial charge in [0.2, 0.25) is 0 Å². The Balaban J connectivity index is 0.000000399. The standard InChI is InChI=1S/C13H13NO.C3H6O/c1-2-14-13(15)12-8-7-10-5-3-4-6-11(10)9-12;1-2-3-4/h3-9H,2H2,1H3,(H,14,15);3H,2H2,1H3. The van der Waals surface area contributed by atoms with Gasteiger partial charge >= 0.3 is 0 Å². The molecule has 2 rings (SSSR count). The minimum Gasteiger partial charge on any atom is -0.352 e. The largest absolute Gasteiger partial charge is 0.352 e. The van der Waals surface area contributed by atoms with Crippen molar-refractivity contribution in [1.29, 1.82) is 0 Å². The molecule has 1 amide bonds. The molecule has 0 aliphatic heterocycles. The Morgan fingerprint density at radius 1 is 1.11 bits per heavy atom. The lowest BCUT2D eigenvalue weighted by molar-refractivity contribution is -0.107. The van der Waals surface area contributed by atoms with Gasteiger partial charge < -0.3 is 10.1 Å². The first kappa shape index (κ1) is 14.9. The second-order valence-electron chi connectivity index (χ2n) is 4.00. The topological polar surface area (TPSA) is 46.2 Å². The third-order valence-corrected chi connectivity index (χ3v) is 2.52. The number of benzene rings is 2. The lowest BCUT2D eigenvalue weighted by Gasteiger charge is -2.03. The van der Waals surface area contributed by atoms with Gasteiger partial charge in [-0.05, 0) is 29.8 Å². The summed E-state index contributed by atoms with van der Waals surface area (Å²) in [4.78, 5) is 20.8. The van der Waals surface area contributed by atoms with Gasteiger partial charge in [0.15, 0.2) is 0 Å². The summed E-state index contributed by atoms with van der Waals surface area (Å²) in [6.45, 7) is 4.39. The van der Waals surface area contributed by atoms with Crippen LogP contribution in [0, 0.1) is 0 Å². The molecule has 0 radical (unpaired) electrons. The van der Waals surface area contributed by atoms with Crippen LogP contribution in [-0.4, -0.2) is 18.7 Å². The Bertz CT molecular complexity index is 549. The van der Waals surface area contributed by atoms with Crippen LogP contribution >= 0.6 is 0 Å². The monoisotopic (exact) mass is 257 g/mol. The average molecular weight is 257 g/mol. The van der Waals surface area contributed by atoms with Crippen LogP contribution in [0.3, 0.4) is 0 Å². The number of rotatable bonds is 3. The van der Waals surface area contributed by atoms with Gasteiger partial charge in [0.05, 0.1) is 0 Å². The number of hydrogen-bond donors (Lipinski definition) is 1. The summed E-state index contributed by atoms with van der Waals surface area (Å²) < 4.78 is 0. The molecule has 19 heavy (non-hydrogen) atoms. The zero-order valence-electron chi connectivity index (χ0n) is 11.3. The van der Waals surface area contributed by atoms with Crippen molar-refractivity contribution in [2.45, 2.75) is 20.3 Å². The summed E-state index contributed by atoms with van der Waals surface area (Å²) >= 11 is 0. The first-order valence-electron chi connectivity index (χ1n) is 6.43. The molecule has 1 N–H and O–H groups in total. The fraction of sp³-hybridized carbons (Fsp3) is 0.250. The average Bonchev–Trinajstić information content (AvgIpc) is 2.47. The molecule has 0 heterocycles. The van der Waals surface area contributed by atoms with Crippen LogP contribution in [0.4, 0.5) is 0 Å². The first-order valence-corrected chi connectivity index (χ1v) is 6.43. The third kappa shape index (κ3) is 4.54. The highest BCUT2D eigenvalue weighted by Gasteiger charge is 2.03. The Kier molecular flexibility index (Phi) is 6.30. The molecule has 0 unspecified atom stereocenters. The Labute approximate surface area is 113 Å². The molecule has 0 aromatic heterocycles. The van der Waals surface area contributed by atoms with Crippen LogP contribution in [-0.2, 0) is 4.79 Å². The number of amides is 1. The van der Waals surface area contributed by atoms with E-state index in [0.29, 0.717) is 13.0 Å². The zero-order valence-corrected chi connectivity index (χ0v) is 11.3. The van der Waals surface area contributed by atoms with Crippen molar-refractivity contribution in [1.82, 2.24) is 5.32 Å². The van der Waals surface area contributed by atoms with E-state index in [1.165, 1.54) is 0 Å². The molecule has 2 aromatic carbocycles. The summed E-state index contributed by atoms with van der Waals surface area (Å²) in [6, 6.07) is 13.8. The Morgan fingerprint density at radius 2 is 1.74 bits per heavy atom. The number of carbonyl (C=O) groups excluding carboxylic acids is 2. The summed E-state index contributed by atoms with van der Waals surface area (Å²) in [5, 5.41) is 5.04. The number of aldehydes is 1. The second-order valence-corrected chi connectivity index (χ2v) is 4.00. The van der Waals surface area contributed by atoms with Gasteiger partial charge in [-0.3, -0.25) is 4.79 Å². The van der Waals surface area contributed by atoms with Crippen molar-refractivity contribution >= 4 is 23.0 Å². The predicted octanol–water partition coefficient (Wildman–Crippen LogP) is 3.18. The molecule has 0 aliphatic carbocycles. The summed E-state index contributed by atoms with van der Waals surface area (Å²) in [5.74, 6) is -0.0109. The molecule has 0 aliphatic rings. The van der Waals surface area contributed by atoms with Crippen LogP contribution in [0.1, 0.15) is 30.6 Å². The fourth-order valence-electron chi connectivity index (χ4n) is 1.59. The van der Waals surface area contributed by atoms with E-state index in [2.05, 4.69) is 5.32 Å². The molecule has 0 saturated heterocycles. The molecule has 3 nitrogen and oxygen atoms in total. The third-order valence-electron chi connectivity index (χ3n) is 2.52. The molecular weight excluding hydrogens is 238 g/mol.